The van der Waals surface area contributed by atoms with E-state index in [1.165, 1.54) is 21.8 Å². The summed E-state index contributed by atoms with van der Waals surface area (Å²) in [4.78, 5) is 30.0. The van der Waals surface area contributed by atoms with Crippen molar-refractivity contribution in [2.75, 3.05) is 13.1 Å². The second kappa shape index (κ2) is 15.0. The Bertz CT molecular complexity index is 1320. The number of nitrogens with zero attached hydrogens (tertiary/aromatic N) is 2. The van der Waals surface area contributed by atoms with Crippen LogP contribution < -0.4 is 0 Å². The van der Waals surface area contributed by atoms with Crippen molar-refractivity contribution in [3.8, 4) is 11.5 Å². The Labute approximate surface area is 243 Å². The normalized spacial score (nSPS) is 16.9. The van der Waals surface area contributed by atoms with Crippen molar-refractivity contribution in [3.05, 3.63) is 86.1 Å². The Kier molecular flexibility index (Phi) is 11.2. The molecule has 40 heavy (non-hydrogen) atoms. The first kappa shape index (κ1) is 29.9. The van der Waals surface area contributed by atoms with Crippen LogP contribution in [0.3, 0.4) is 0 Å². The molecule has 212 valence electrons. The van der Waals surface area contributed by atoms with E-state index in [4.69, 9.17) is 9.15 Å². The molecule has 0 saturated heterocycles. The molecule has 0 aliphatic heterocycles. The monoisotopic (exact) mass is 580 g/mol. The van der Waals surface area contributed by atoms with Crippen molar-refractivity contribution >= 4 is 34.9 Å². The van der Waals surface area contributed by atoms with Gasteiger partial charge in [0.05, 0.1) is 24.1 Å². The topological polar surface area (TPSA) is 92.9 Å². The third-order valence-electron chi connectivity index (χ3n) is 6.88. The van der Waals surface area contributed by atoms with Crippen LogP contribution in [0.5, 0.6) is 0 Å². The number of carboxylic acid groups (broad SMARTS) is 1. The van der Waals surface area contributed by atoms with Crippen molar-refractivity contribution in [1.29, 1.82) is 0 Å². The molecule has 0 bridgehead atoms. The van der Waals surface area contributed by atoms with Gasteiger partial charge in [-0.3, -0.25) is 14.5 Å². The standard InChI is InChI=1S/C26H32N2O4S.C5H4OS/c1-18-8-10-21(11-9-18)26-27-24(19(2)32-26)17-31-22-6-3-5-20(13-22)14-28(16-25(29)30)15-23-7-4-12-33-23;6-4-5-2-1-3-7-5/h4,7-12,20,22H,3,5-6,13-17H2,1-2H3,(H,29,30);1-4H. The van der Waals surface area contributed by atoms with E-state index in [9.17, 15) is 14.7 Å². The molecule has 0 radical (unpaired) electrons. The number of aldehydes is 1. The summed E-state index contributed by atoms with van der Waals surface area (Å²) in [5.41, 5.74) is 3.02. The van der Waals surface area contributed by atoms with E-state index >= 15 is 0 Å². The summed E-state index contributed by atoms with van der Waals surface area (Å²) in [5.74, 6) is 1.08. The molecule has 1 aliphatic rings. The maximum absolute atomic E-state index is 11.4. The van der Waals surface area contributed by atoms with Crippen LogP contribution in [0.15, 0.2) is 63.7 Å². The van der Waals surface area contributed by atoms with Gasteiger partial charge in [-0.05, 0) is 74.1 Å². The maximum atomic E-state index is 11.4. The summed E-state index contributed by atoms with van der Waals surface area (Å²) in [5, 5.41) is 13.3. The first-order valence-corrected chi connectivity index (χ1v) is 15.3. The van der Waals surface area contributed by atoms with Crippen LogP contribution in [0.2, 0.25) is 0 Å². The average molecular weight is 581 g/mol. The number of aliphatic carboxylic acids is 1. The second-order valence-electron chi connectivity index (χ2n) is 10.1. The molecular weight excluding hydrogens is 544 g/mol. The zero-order valence-corrected chi connectivity index (χ0v) is 24.6. The molecule has 3 aromatic heterocycles. The number of benzene rings is 1. The third-order valence-corrected chi connectivity index (χ3v) is 8.53. The lowest BCUT2D eigenvalue weighted by atomic mass is 9.86. The van der Waals surface area contributed by atoms with E-state index in [2.05, 4.69) is 35.0 Å². The third kappa shape index (κ3) is 9.23. The fraction of sp³-hybridized carbons (Fsp3) is 0.387. The molecule has 1 saturated carbocycles. The number of carbonyl (C=O) groups excluding carboxylic acids is 1. The lowest BCUT2D eigenvalue weighted by Gasteiger charge is -2.32. The van der Waals surface area contributed by atoms with Gasteiger partial charge in [-0.1, -0.05) is 36.2 Å². The van der Waals surface area contributed by atoms with Gasteiger partial charge in [-0.2, -0.15) is 0 Å². The molecule has 1 N–H and O–H groups in total. The lowest BCUT2D eigenvalue weighted by Crippen LogP contribution is -2.36. The van der Waals surface area contributed by atoms with Gasteiger partial charge in [-0.15, -0.1) is 22.7 Å². The van der Waals surface area contributed by atoms with Gasteiger partial charge in [0.25, 0.3) is 0 Å². The molecule has 4 aromatic rings. The number of carbonyl (C=O) groups is 2. The molecule has 2 unspecified atom stereocenters. The molecular formula is C31H36N2O5S2. The molecule has 9 heteroatoms. The second-order valence-corrected chi connectivity index (χ2v) is 12.1. The first-order chi connectivity index (χ1) is 19.4. The van der Waals surface area contributed by atoms with E-state index in [1.807, 2.05) is 41.9 Å². The molecule has 0 spiro atoms. The van der Waals surface area contributed by atoms with Crippen LogP contribution in [0.1, 0.15) is 57.2 Å². The summed E-state index contributed by atoms with van der Waals surface area (Å²) in [6, 6.07) is 15.9. The molecule has 7 nitrogen and oxygen atoms in total. The van der Waals surface area contributed by atoms with Crippen LogP contribution in [0.25, 0.3) is 11.5 Å². The van der Waals surface area contributed by atoms with E-state index in [-0.39, 0.29) is 12.6 Å². The fourth-order valence-electron chi connectivity index (χ4n) is 4.86. The lowest BCUT2D eigenvalue weighted by molar-refractivity contribution is -0.138. The zero-order chi connectivity index (χ0) is 28.3. The molecule has 0 amide bonds. The van der Waals surface area contributed by atoms with Gasteiger partial charge >= 0.3 is 5.97 Å². The summed E-state index contributed by atoms with van der Waals surface area (Å²) in [7, 11) is 0. The van der Waals surface area contributed by atoms with Crippen molar-refractivity contribution in [1.82, 2.24) is 9.88 Å². The van der Waals surface area contributed by atoms with Gasteiger partial charge < -0.3 is 14.3 Å². The average Bonchev–Trinajstić information content (AvgIpc) is 3.71. The number of hydrogen-bond acceptors (Lipinski definition) is 8. The Morgan fingerprint density at radius 2 is 1.90 bits per heavy atom. The maximum Gasteiger partial charge on any atom is 0.317 e. The predicted molar refractivity (Wildman–Crippen MR) is 159 cm³/mol. The Morgan fingerprint density at radius 3 is 2.55 bits per heavy atom. The van der Waals surface area contributed by atoms with E-state index in [0.29, 0.717) is 25.0 Å². The Hall–Kier alpha value is -3.11. The molecule has 2 atom stereocenters. The Morgan fingerprint density at radius 1 is 1.12 bits per heavy atom. The highest BCUT2D eigenvalue weighted by molar-refractivity contribution is 7.11. The number of ether oxygens (including phenoxy) is 1. The van der Waals surface area contributed by atoms with Crippen LogP contribution in [0.4, 0.5) is 0 Å². The van der Waals surface area contributed by atoms with E-state index in [0.717, 1.165) is 60.4 Å². The van der Waals surface area contributed by atoms with Crippen molar-refractivity contribution in [2.24, 2.45) is 5.92 Å². The SMILES string of the molecule is Cc1ccc(-c2nc(COC3CCCC(CN(CC(=O)O)Cc4cccs4)C3)c(C)o2)cc1.O=Cc1cccs1. The number of aromatic nitrogens is 1. The Balaban J connectivity index is 0.000000461. The number of carboxylic acids is 1. The van der Waals surface area contributed by atoms with Crippen LogP contribution in [0, 0.1) is 19.8 Å². The molecule has 1 aliphatic carbocycles. The summed E-state index contributed by atoms with van der Waals surface area (Å²) in [6.45, 7) is 5.97. The minimum atomic E-state index is -0.777. The number of thiophene rings is 2. The summed E-state index contributed by atoms with van der Waals surface area (Å²) >= 11 is 3.13. The molecule has 5 rings (SSSR count). The quantitative estimate of drug-likeness (QED) is 0.187. The summed E-state index contributed by atoms with van der Waals surface area (Å²) < 4.78 is 12.2. The van der Waals surface area contributed by atoms with Crippen molar-refractivity contribution in [2.45, 2.75) is 58.8 Å². The highest BCUT2D eigenvalue weighted by Gasteiger charge is 2.26. The van der Waals surface area contributed by atoms with E-state index < -0.39 is 5.97 Å². The van der Waals surface area contributed by atoms with Crippen LogP contribution in [-0.4, -0.2) is 46.4 Å². The minimum Gasteiger partial charge on any atom is -0.480 e. The van der Waals surface area contributed by atoms with Crippen LogP contribution >= 0.6 is 22.7 Å². The van der Waals surface area contributed by atoms with Gasteiger partial charge in [0.15, 0.2) is 6.29 Å². The van der Waals surface area contributed by atoms with Gasteiger partial charge in [0.2, 0.25) is 5.89 Å². The highest BCUT2D eigenvalue weighted by atomic mass is 32.1. The predicted octanol–water partition coefficient (Wildman–Crippen LogP) is 7.24. The highest BCUT2D eigenvalue weighted by Crippen LogP contribution is 2.29. The number of oxazole rings is 1. The molecule has 3 heterocycles. The smallest absolute Gasteiger partial charge is 0.317 e. The molecule has 1 aromatic carbocycles. The van der Waals surface area contributed by atoms with Gasteiger partial charge in [0.1, 0.15) is 11.5 Å². The number of aryl methyl sites for hydroxylation is 2. The first-order valence-electron chi connectivity index (χ1n) is 13.5. The number of hydrogen-bond donors (Lipinski definition) is 1. The zero-order valence-electron chi connectivity index (χ0n) is 23.0. The minimum absolute atomic E-state index is 0.0693. The van der Waals surface area contributed by atoms with Crippen LogP contribution in [-0.2, 0) is 22.7 Å². The van der Waals surface area contributed by atoms with Crippen molar-refractivity contribution < 1.29 is 23.8 Å². The summed E-state index contributed by atoms with van der Waals surface area (Å²) in [6.07, 6.45) is 5.20. The molecule has 1 fully saturated rings. The van der Waals surface area contributed by atoms with Gasteiger partial charge in [-0.25, -0.2) is 4.98 Å². The fourth-order valence-corrected chi connectivity index (χ4v) is 6.13. The van der Waals surface area contributed by atoms with E-state index in [1.54, 1.807) is 17.4 Å². The van der Waals surface area contributed by atoms with Crippen molar-refractivity contribution in [3.63, 3.8) is 0 Å². The van der Waals surface area contributed by atoms with Gasteiger partial charge in [0, 0.05) is 23.5 Å². The number of rotatable bonds is 11. The largest absolute Gasteiger partial charge is 0.480 e.